The number of carbonyl (C=O) groups excluding carboxylic acids is 2. The molecule has 0 fully saturated rings. The molecule has 4 rings (SSSR count). The zero-order chi connectivity index (χ0) is 22.7. The number of methoxy groups -OCH3 is 1. The lowest BCUT2D eigenvalue weighted by atomic mass is 9.94. The molecule has 1 aliphatic rings. The Hall–Kier alpha value is -4.00. The van der Waals surface area contributed by atoms with Gasteiger partial charge in [0.25, 0.3) is 5.91 Å². The predicted molar refractivity (Wildman–Crippen MR) is 118 cm³/mol. The molecular formula is C25H23NO6. The Bertz CT molecular complexity index is 1160. The van der Waals surface area contributed by atoms with Gasteiger partial charge in [0.15, 0.2) is 11.5 Å². The summed E-state index contributed by atoms with van der Waals surface area (Å²) in [6.45, 7) is 2.54. The van der Waals surface area contributed by atoms with Crippen molar-refractivity contribution in [1.29, 1.82) is 0 Å². The van der Waals surface area contributed by atoms with Crippen LogP contribution in [-0.4, -0.2) is 30.5 Å². The molecule has 0 radical (unpaired) electrons. The average molecular weight is 433 g/mol. The first-order valence-corrected chi connectivity index (χ1v) is 10.3. The number of aliphatic hydroxyl groups excluding tert-OH is 1. The topological polar surface area (TPSA) is 89.2 Å². The van der Waals surface area contributed by atoms with Crippen LogP contribution in [0.2, 0.25) is 0 Å². The molecule has 3 aromatic rings. The van der Waals surface area contributed by atoms with E-state index in [0.29, 0.717) is 29.4 Å². The Morgan fingerprint density at radius 1 is 1.09 bits per heavy atom. The molecule has 0 saturated heterocycles. The quantitative estimate of drug-likeness (QED) is 0.511. The first kappa shape index (κ1) is 21.2. The third-order valence-corrected chi connectivity index (χ3v) is 5.18. The lowest BCUT2D eigenvalue weighted by Crippen LogP contribution is -2.31. The number of benzene rings is 2. The van der Waals surface area contributed by atoms with Crippen molar-refractivity contribution in [1.82, 2.24) is 0 Å². The number of anilines is 1. The van der Waals surface area contributed by atoms with Crippen molar-refractivity contribution in [2.24, 2.45) is 0 Å². The van der Waals surface area contributed by atoms with Gasteiger partial charge in [-0.25, -0.2) is 0 Å². The lowest BCUT2D eigenvalue weighted by molar-refractivity contribution is -0.117. The maximum absolute atomic E-state index is 13.3. The highest BCUT2D eigenvalue weighted by Gasteiger charge is 2.45. The fourth-order valence-corrected chi connectivity index (χ4v) is 3.71. The number of ether oxygens (including phenoxy) is 2. The van der Waals surface area contributed by atoms with Gasteiger partial charge in [-0.15, -0.1) is 0 Å². The summed E-state index contributed by atoms with van der Waals surface area (Å²) in [6.07, 6.45) is 2.21. The standard InChI is InChI=1S/C25H23NO6/c1-3-12-31-19-10-4-7-16(14-19)22-21(23(27)20-11-6-13-32-20)24(28)25(29)26(22)17-8-5-9-18(15-17)30-2/h4-11,13-15,22,28H,3,12H2,1-2H3. The van der Waals surface area contributed by atoms with Crippen LogP contribution in [0.15, 0.2) is 82.7 Å². The third kappa shape index (κ3) is 3.85. The Morgan fingerprint density at radius 2 is 1.88 bits per heavy atom. The van der Waals surface area contributed by atoms with Crippen molar-refractivity contribution in [3.8, 4) is 11.5 Å². The molecule has 7 nitrogen and oxygen atoms in total. The molecule has 0 aliphatic carbocycles. The summed E-state index contributed by atoms with van der Waals surface area (Å²) < 4.78 is 16.3. The summed E-state index contributed by atoms with van der Waals surface area (Å²) in [6, 6.07) is 16.2. The number of ketones is 1. The second kappa shape index (κ2) is 9.01. The van der Waals surface area contributed by atoms with Crippen molar-refractivity contribution in [2.45, 2.75) is 19.4 Å². The number of carbonyl (C=O) groups is 2. The normalized spacial score (nSPS) is 15.9. The van der Waals surface area contributed by atoms with E-state index in [9.17, 15) is 14.7 Å². The summed E-state index contributed by atoms with van der Waals surface area (Å²) in [5.74, 6) is -0.665. The minimum absolute atomic E-state index is 0.0372. The van der Waals surface area contributed by atoms with Gasteiger partial charge in [-0.1, -0.05) is 25.1 Å². The smallest absolute Gasteiger partial charge is 0.294 e. The first-order valence-electron chi connectivity index (χ1n) is 10.3. The monoisotopic (exact) mass is 433 g/mol. The summed E-state index contributed by atoms with van der Waals surface area (Å²) in [5, 5.41) is 10.8. The molecule has 1 atom stereocenters. The molecule has 1 aromatic heterocycles. The minimum Gasteiger partial charge on any atom is -0.503 e. The van der Waals surface area contributed by atoms with Gasteiger partial charge in [-0.05, 0) is 48.4 Å². The largest absolute Gasteiger partial charge is 0.503 e. The molecule has 2 aromatic carbocycles. The SMILES string of the molecule is CCCOc1cccc(C2C(C(=O)c3ccco3)=C(O)C(=O)N2c2cccc(OC)c2)c1. The van der Waals surface area contributed by atoms with Crippen LogP contribution in [0, 0.1) is 0 Å². The molecule has 32 heavy (non-hydrogen) atoms. The van der Waals surface area contributed by atoms with E-state index in [1.165, 1.54) is 24.3 Å². The van der Waals surface area contributed by atoms with Crippen LogP contribution in [0.3, 0.4) is 0 Å². The van der Waals surface area contributed by atoms with Gasteiger partial charge >= 0.3 is 0 Å². The Labute approximate surface area is 185 Å². The maximum Gasteiger partial charge on any atom is 0.294 e. The molecule has 164 valence electrons. The highest BCUT2D eigenvalue weighted by Crippen LogP contribution is 2.43. The van der Waals surface area contributed by atoms with E-state index < -0.39 is 23.5 Å². The Balaban J connectivity index is 1.85. The minimum atomic E-state index is -0.877. The summed E-state index contributed by atoms with van der Waals surface area (Å²) >= 11 is 0. The molecule has 1 amide bonds. The number of nitrogens with zero attached hydrogens (tertiary/aromatic N) is 1. The van der Waals surface area contributed by atoms with Gasteiger partial charge in [0.2, 0.25) is 5.78 Å². The zero-order valence-corrected chi connectivity index (χ0v) is 17.8. The van der Waals surface area contributed by atoms with Gasteiger partial charge in [0.1, 0.15) is 11.5 Å². The van der Waals surface area contributed by atoms with E-state index in [1.54, 1.807) is 48.5 Å². The maximum atomic E-state index is 13.3. The fourth-order valence-electron chi connectivity index (χ4n) is 3.71. The van der Waals surface area contributed by atoms with Crippen molar-refractivity contribution >= 4 is 17.4 Å². The fraction of sp³-hybridized carbons (Fsp3) is 0.200. The second-order valence-electron chi connectivity index (χ2n) is 7.27. The molecule has 0 saturated carbocycles. The van der Waals surface area contributed by atoms with Crippen molar-refractivity contribution in [3.63, 3.8) is 0 Å². The van der Waals surface area contributed by atoms with E-state index in [4.69, 9.17) is 13.9 Å². The highest BCUT2D eigenvalue weighted by atomic mass is 16.5. The molecule has 0 spiro atoms. The molecule has 1 unspecified atom stereocenters. The van der Waals surface area contributed by atoms with Crippen LogP contribution in [0.1, 0.15) is 35.5 Å². The van der Waals surface area contributed by atoms with Crippen LogP contribution < -0.4 is 14.4 Å². The molecule has 0 bridgehead atoms. The number of aliphatic hydroxyl groups is 1. The highest BCUT2D eigenvalue weighted by molar-refractivity contribution is 6.20. The van der Waals surface area contributed by atoms with Crippen LogP contribution >= 0.6 is 0 Å². The van der Waals surface area contributed by atoms with Crippen LogP contribution in [0.25, 0.3) is 0 Å². The van der Waals surface area contributed by atoms with Gasteiger partial charge in [0.05, 0.1) is 31.6 Å². The molecule has 1 N–H and O–H groups in total. The van der Waals surface area contributed by atoms with Crippen molar-refractivity contribution < 1.29 is 28.6 Å². The molecule has 2 heterocycles. The number of Topliss-reactive ketones (excluding diaryl/α,β-unsaturated/α-hetero) is 1. The Kier molecular flexibility index (Phi) is 5.98. The van der Waals surface area contributed by atoms with Crippen LogP contribution in [0.4, 0.5) is 5.69 Å². The van der Waals surface area contributed by atoms with Gasteiger partial charge in [-0.2, -0.15) is 0 Å². The van der Waals surface area contributed by atoms with E-state index >= 15 is 0 Å². The molecule has 1 aliphatic heterocycles. The van der Waals surface area contributed by atoms with Gasteiger partial charge in [-0.3, -0.25) is 14.5 Å². The lowest BCUT2D eigenvalue weighted by Gasteiger charge is -2.27. The number of amides is 1. The predicted octanol–water partition coefficient (Wildman–Crippen LogP) is 4.86. The first-order chi connectivity index (χ1) is 15.5. The Morgan fingerprint density at radius 3 is 2.59 bits per heavy atom. The number of hydrogen-bond donors (Lipinski definition) is 1. The molecular weight excluding hydrogens is 410 g/mol. The van der Waals surface area contributed by atoms with Crippen molar-refractivity contribution in [2.75, 3.05) is 18.6 Å². The van der Waals surface area contributed by atoms with E-state index in [0.717, 1.165) is 6.42 Å². The van der Waals surface area contributed by atoms with Gasteiger partial charge < -0.3 is 19.0 Å². The average Bonchev–Trinajstić information content (AvgIpc) is 3.45. The van der Waals surface area contributed by atoms with Crippen LogP contribution in [0.5, 0.6) is 11.5 Å². The number of rotatable bonds is 8. The summed E-state index contributed by atoms with van der Waals surface area (Å²) in [5.41, 5.74) is 1.04. The van der Waals surface area contributed by atoms with E-state index in [2.05, 4.69) is 0 Å². The van der Waals surface area contributed by atoms with E-state index in [-0.39, 0.29) is 11.3 Å². The zero-order valence-electron chi connectivity index (χ0n) is 17.8. The van der Waals surface area contributed by atoms with Crippen molar-refractivity contribution in [3.05, 3.63) is 89.6 Å². The van der Waals surface area contributed by atoms with E-state index in [1.807, 2.05) is 13.0 Å². The third-order valence-electron chi connectivity index (χ3n) is 5.18. The molecule has 7 heteroatoms. The van der Waals surface area contributed by atoms with Crippen LogP contribution in [-0.2, 0) is 4.79 Å². The second-order valence-corrected chi connectivity index (χ2v) is 7.27. The number of hydrogen-bond acceptors (Lipinski definition) is 6. The summed E-state index contributed by atoms with van der Waals surface area (Å²) in [4.78, 5) is 27.8. The summed E-state index contributed by atoms with van der Waals surface area (Å²) in [7, 11) is 1.53. The van der Waals surface area contributed by atoms with Gasteiger partial charge in [0, 0.05) is 11.8 Å². The number of furan rings is 1.